The van der Waals surface area contributed by atoms with E-state index in [9.17, 15) is 0 Å². The van der Waals surface area contributed by atoms with Crippen LogP contribution in [0.1, 0.15) is 58.3 Å². The van der Waals surface area contributed by atoms with Gasteiger partial charge in [-0.25, -0.2) is 0 Å². The molecule has 4 nitrogen and oxygen atoms in total. The number of unbranched alkanes of at least 4 members (excludes halogenated alkanes) is 7. The monoisotopic (exact) mass is 316 g/mol. The van der Waals surface area contributed by atoms with E-state index in [2.05, 4.69) is 13.5 Å². The number of aliphatic hydroxyl groups is 1. The van der Waals surface area contributed by atoms with E-state index in [0.29, 0.717) is 26.4 Å². The molecule has 0 fully saturated rings. The fourth-order valence-corrected chi connectivity index (χ4v) is 2.20. The first-order valence-electron chi connectivity index (χ1n) is 8.84. The second-order valence-corrected chi connectivity index (χ2v) is 5.59. The first-order valence-corrected chi connectivity index (χ1v) is 8.84. The van der Waals surface area contributed by atoms with Gasteiger partial charge in [0.25, 0.3) is 0 Å². The summed E-state index contributed by atoms with van der Waals surface area (Å²) < 4.78 is 16.5. The van der Waals surface area contributed by atoms with Crippen molar-refractivity contribution in [2.45, 2.75) is 64.4 Å². The molecular weight excluding hydrogens is 280 g/mol. The minimum atomic E-state index is -0.110. The van der Waals surface area contributed by atoms with Crippen LogP contribution in [0.2, 0.25) is 0 Å². The van der Waals surface area contributed by atoms with Crippen LogP contribution in [0.25, 0.3) is 0 Å². The molecule has 0 saturated carbocycles. The summed E-state index contributed by atoms with van der Waals surface area (Å²) in [6.07, 6.45) is 12.0. The lowest BCUT2D eigenvalue weighted by Gasteiger charge is -2.17. The van der Waals surface area contributed by atoms with Gasteiger partial charge in [-0.2, -0.15) is 0 Å². The number of hydrogen-bond donors (Lipinski definition) is 1. The van der Waals surface area contributed by atoms with Crippen LogP contribution in [-0.2, 0) is 14.2 Å². The van der Waals surface area contributed by atoms with Gasteiger partial charge in [-0.05, 0) is 6.42 Å². The molecule has 0 amide bonds. The van der Waals surface area contributed by atoms with Gasteiger partial charge in [0, 0.05) is 6.61 Å². The minimum absolute atomic E-state index is 0.0238. The highest BCUT2D eigenvalue weighted by Crippen LogP contribution is 2.08. The average molecular weight is 316 g/mol. The smallest absolute Gasteiger partial charge is 0.104 e. The van der Waals surface area contributed by atoms with Crippen LogP contribution in [0.4, 0.5) is 0 Å². The molecular formula is C18H36O4. The van der Waals surface area contributed by atoms with E-state index >= 15 is 0 Å². The van der Waals surface area contributed by atoms with Crippen LogP contribution >= 0.6 is 0 Å². The molecule has 0 heterocycles. The summed E-state index contributed by atoms with van der Waals surface area (Å²) in [4.78, 5) is 0. The molecule has 0 radical (unpaired) electrons. The SMILES string of the molecule is C=CCOCC(COCCCCCCCCCC)OCCO. The Kier molecular flexibility index (Phi) is 18.3. The lowest BCUT2D eigenvalue weighted by atomic mass is 10.1. The van der Waals surface area contributed by atoms with Gasteiger partial charge in [0.2, 0.25) is 0 Å². The van der Waals surface area contributed by atoms with Gasteiger partial charge < -0.3 is 19.3 Å². The molecule has 0 bridgehead atoms. The molecule has 0 spiro atoms. The Labute approximate surface area is 136 Å². The third kappa shape index (κ3) is 16.0. The van der Waals surface area contributed by atoms with Crippen LogP contribution < -0.4 is 0 Å². The molecule has 0 aliphatic heterocycles. The standard InChI is InChI=1S/C18H36O4/c1-3-5-6-7-8-9-10-11-14-21-17-18(22-15-12-19)16-20-13-4-2/h4,18-19H,2-3,5-17H2,1H3. The number of rotatable bonds is 18. The molecule has 132 valence electrons. The van der Waals surface area contributed by atoms with Gasteiger partial charge in [-0.3, -0.25) is 0 Å². The second kappa shape index (κ2) is 18.6. The highest BCUT2D eigenvalue weighted by atomic mass is 16.6. The van der Waals surface area contributed by atoms with Gasteiger partial charge in [0.05, 0.1) is 33.0 Å². The molecule has 0 rings (SSSR count). The van der Waals surface area contributed by atoms with Crippen molar-refractivity contribution in [3.63, 3.8) is 0 Å². The summed E-state index contributed by atoms with van der Waals surface area (Å²) in [7, 11) is 0. The van der Waals surface area contributed by atoms with Crippen molar-refractivity contribution in [1.82, 2.24) is 0 Å². The van der Waals surface area contributed by atoms with E-state index < -0.39 is 0 Å². The number of aliphatic hydroxyl groups excluding tert-OH is 1. The number of ether oxygens (including phenoxy) is 3. The molecule has 0 aliphatic rings. The van der Waals surface area contributed by atoms with Crippen molar-refractivity contribution in [2.75, 3.05) is 39.6 Å². The van der Waals surface area contributed by atoms with Crippen molar-refractivity contribution in [2.24, 2.45) is 0 Å². The third-order valence-electron chi connectivity index (χ3n) is 3.43. The Morgan fingerprint density at radius 1 is 0.909 bits per heavy atom. The Morgan fingerprint density at radius 2 is 1.55 bits per heavy atom. The molecule has 0 aliphatic carbocycles. The number of hydrogen-bond acceptors (Lipinski definition) is 4. The summed E-state index contributed by atoms with van der Waals surface area (Å²) in [5.41, 5.74) is 0. The maximum absolute atomic E-state index is 8.81. The Bertz CT molecular complexity index is 221. The lowest BCUT2D eigenvalue weighted by Crippen LogP contribution is -2.27. The Balaban J connectivity index is 3.43. The predicted molar refractivity (Wildman–Crippen MR) is 91.3 cm³/mol. The van der Waals surface area contributed by atoms with Crippen LogP contribution in [-0.4, -0.2) is 50.9 Å². The summed E-state index contributed by atoms with van der Waals surface area (Å²) >= 11 is 0. The zero-order valence-corrected chi connectivity index (χ0v) is 14.4. The predicted octanol–water partition coefficient (Wildman–Crippen LogP) is 3.72. The lowest BCUT2D eigenvalue weighted by molar-refractivity contribution is -0.0639. The molecule has 1 unspecified atom stereocenters. The zero-order chi connectivity index (χ0) is 16.3. The van der Waals surface area contributed by atoms with Gasteiger partial charge in [-0.15, -0.1) is 6.58 Å². The maximum atomic E-state index is 8.81. The highest BCUT2D eigenvalue weighted by molar-refractivity contribution is 4.65. The average Bonchev–Trinajstić information content (AvgIpc) is 2.53. The molecule has 1 atom stereocenters. The van der Waals surface area contributed by atoms with E-state index in [1.54, 1.807) is 6.08 Å². The molecule has 0 aromatic carbocycles. The molecule has 4 heteroatoms. The summed E-state index contributed by atoms with van der Waals surface area (Å²) in [5.74, 6) is 0. The van der Waals surface area contributed by atoms with Crippen molar-refractivity contribution < 1.29 is 19.3 Å². The first kappa shape index (κ1) is 21.6. The van der Waals surface area contributed by atoms with Crippen LogP contribution in [0.3, 0.4) is 0 Å². The van der Waals surface area contributed by atoms with E-state index in [0.717, 1.165) is 13.0 Å². The van der Waals surface area contributed by atoms with E-state index in [1.807, 2.05) is 0 Å². The minimum Gasteiger partial charge on any atom is -0.394 e. The van der Waals surface area contributed by atoms with Crippen molar-refractivity contribution in [3.05, 3.63) is 12.7 Å². The first-order chi connectivity index (χ1) is 10.8. The van der Waals surface area contributed by atoms with Crippen LogP contribution in [0.15, 0.2) is 12.7 Å². The topological polar surface area (TPSA) is 47.9 Å². The molecule has 0 aromatic rings. The van der Waals surface area contributed by atoms with E-state index in [1.165, 1.54) is 44.9 Å². The van der Waals surface area contributed by atoms with Crippen molar-refractivity contribution in [3.8, 4) is 0 Å². The second-order valence-electron chi connectivity index (χ2n) is 5.59. The quantitative estimate of drug-likeness (QED) is 0.309. The van der Waals surface area contributed by atoms with E-state index in [4.69, 9.17) is 19.3 Å². The van der Waals surface area contributed by atoms with Crippen LogP contribution in [0, 0.1) is 0 Å². The van der Waals surface area contributed by atoms with Crippen molar-refractivity contribution >= 4 is 0 Å². The zero-order valence-electron chi connectivity index (χ0n) is 14.4. The van der Waals surface area contributed by atoms with Crippen LogP contribution in [0.5, 0.6) is 0 Å². The fraction of sp³-hybridized carbons (Fsp3) is 0.889. The Morgan fingerprint density at radius 3 is 2.18 bits per heavy atom. The normalized spacial score (nSPS) is 12.5. The molecule has 0 saturated heterocycles. The van der Waals surface area contributed by atoms with Gasteiger partial charge in [-0.1, -0.05) is 57.9 Å². The maximum Gasteiger partial charge on any atom is 0.104 e. The molecule has 0 aromatic heterocycles. The highest BCUT2D eigenvalue weighted by Gasteiger charge is 2.09. The summed E-state index contributed by atoms with van der Waals surface area (Å²) in [5, 5.41) is 8.81. The van der Waals surface area contributed by atoms with Gasteiger partial charge in [0.15, 0.2) is 0 Å². The molecule has 1 N–H and O–H groups in total. The van der Waals surface area contributed by atoms with E-state index in [-0.39, 0.29) is 12.7 Å². The largest absolute Gasteiger partial charge is 0.394 e. The Hall–Kier alpha value is -0.420. The third-order valence-corrected chi connectivity index (χ3v) is 3.43. The summed E-state index contributed by atoms with van der Waals surface area (Å²) in [6, 6.07) is 0. The fourth-order valence-electron chi connectivity index (χ4n) is 2.20. The van der Waals surface area contributed by atoms with Gasteiger partial charge >= 0.3 is 0 Å². The van der Waals surface area contributed by atoms with Gasteiger partial charge in [0.1, 0.15) is 6.10 Å². The molecule has 22 heavy (non-hydrogen) atoms. The van der Waals surface area contributed by atoms with Crippen molar-refractivity contribution in [1.29, 1.82) is 0 Å². The summed E-state index contributed by atoms with van der Waals surface area (Å²) in [6.45, 7) is 8.48.